The van der Waals surface area contributed by atoms with Crippen molar-refractivity contribution >= 4 is 22.7 Å². The highest BCUT2D eigenvalue weighted by molar-refractivity contribution is 7.14. The van der Waals surface area contributed by atoms with Crippen LogP contribution in [0.25, 0.3) is 11.3 Å². The molecule has 3 rings (SSSR count). The van der Waals surface area contributed by atoms with Crippen LogP contribution in [0.4, 0.5) is 18.3 Å². The van der Waals surface area contributed by atoms with Crippen LogP contribution in [0, 0.1) is 0 Å². The molecular formula is C18H14F3N3OS. The van der Waals surface area contributed by atoms with Crippen molar-refractivity contribution in [2.45, 2.75) is 6.18 Å². The Morgan fingerprint density at radius 1 is 1.08 bits per heavy atom. The van der Waals surface area contributed by atoms with Gasteiger partial charge in [-0.05, 0) is 42.0 Å². The second-order valence-electron chi connectivity index (χ2n) is 5.26. The Labute approximate surface area is 152 Å². The van der Waals surface area contributed by atoms with Crippen LogP contribution in [0.3, 0.4) is 0 Å². The molecule has 26 heavy (non-hydrogen) atoms. The molecule has 3 aromatic rings. The third kappa shape index (κ3) is 4.40. The molecule has 2 aromatic carbocycles. The lowest BCUT2D eigenvalue weighted by Gasteiger charge is -2.05. The van der Waals surface area contributed by atoms with Crippen LogP contribution in [-0.4, -0.2) is 18.3 Å². The lowest BCUT2D eigenvalue weighted by molar-refractivity contribution is -0.137. The van der Waals surface area contributed by atoms with E-state index in [0.717, 1.165) is 29.1 Å². The predicted octanol–water partition coefficient (Wildman–Crippen LogP) is 5.28. The monoisotopic (exact) mass is 377 g/mol. The summed E-state index contributed by atoms with van der Waals surface area (Å²) in [5, 5.41) is 6.48. The SMILES string of the molecule is COc1ccc(-c2csc(N/N=C/c3ccc(C(F)(F)F)cc3)n2)cc1. The fourth-order valence-corrected chi connectivity index (χ4v) is 2.81. The number of thiazole rings is 1. The van der Waals surface area contributed by atoms with Crippen LogP contribution in [-0.2, 0) is 6.18 Å². The van der Waals surface area contributed by atoms with Crippen LogP contribution in [0.5, 0.6) is 5.75 Å². The molecule has 134 valence electrons. The number of ether oxygens (including phenoxy) is 1. The molecule has 0 aliphatic carbocycles. The van der Waals surface area contributed by atoms with Crippen molar-refractivity contribution in [1.29, 1.82) is 0 Å². The predicted molar refractivity (Wildman–Crippen MR) is 96.8 cm³/mol. The number of benzene rings is 2. The largest absolute Gasteiger partial charge is 0.497 e. The number of hydrogen-bond acceptors (Lipinski definition) is 5. The summed E-state index contributed by atoms with van der Waals surface area (Å²) in [5.41, 5.74) is 4.39. The number of rotatable bonds is 5. The summed E-state index contributed by atoms with van der Waals surface area (Å²) in [4.78, 5) is 4.42. The third-order valence-corrected chi connectivity index (χ3v) is 4.25. The first-order valence-electron chi connectivity index (χ1n) is 7.52. The summed E-state index contributed by atoms with van der Waals surface area (Å²) in [6, 6.07) is 12.3. The maximum atomic E-state index is 12.5. The number of aromatic nitrogens is 1. The standard InChI is InChI=1S/C18H14F3N3OS/c1-25-15-8-4-13(5-9-15)16-11-26-17(23-16)24-22-10-12-2-6-14(7-3-12)18(19,20)21/h2-11H,1H3,(H,23,24)/b22-10+. The van der Waals surface area contributed by atoms with E-state index >= 15 is 0 Å². The van der Waals surface area contributed by atoms with Gasteiger partial charge in [-0.2, -0.15) is 18.3 Å². The van der Waals surface area contributed by atoms with E-state index in [1.54, 1.807) is 7.11 Å². The van der Waals surface area contributed by atoms with Crippen molar-refractivity contribution in [3.8, 4) is 17.0 Å². The Bertz CT molecular complexity index is 887. The van der Waals surface area contributed by atoms with Crippen LogP contribution in [0.1, 0.15) is 11.1 Å². The molecule has 0 bridgehead atoms. The Kier molecular flexibility index (Phi) is 5.22. The van der Waals surface area contributed by atoms with Crippen LogP contribution >= 0.6 is 11.3 Å². The fraction of sp³-hybridized carbons (Fsp3) is 0.111. The Hall–Kier alpha value is -2.87. The lowest BCUT2D eigenvalue weighted by atomic mass is 10.1. The molecule has 0 saturated carbocycles. The van der Waals surface area contributed by atoms with Crippen LogP contribution < -0.4 is 10.2 Å². The molecule has 0 aliphatic rings. The van der Waals surface area contributed by atoms with E-state index in [0.29, 0.717) is 10.7 Å². The first-order valence-corrected chi connectivity index (χ1v) is 8.40. The summed E-state index contributed by atoms with van der Waals surface area (Å²) < 4.78 is 42.7. The number of nitrogens with one attached hydrogen (secondary N) is 1. The Balaban J connectivity index is 1.63. The van der Waals surface area contributed by atoms with Gasteiger partial charge in [-0.1, -0.05) is 12.1 Å². The van der Waals surface area contributed by atoms with Gasteiger partial charge in [0.2, 0.25) is 5.13 Å². The zero-order valence-corrected chi connectivity index (χ0v) is 14.4. The molecule has 8 heteroatoms. The summed E-state index contributed by atoms with van der Waals surface area (Å²) >= 11 is 1.38. The van der Waals surface area contributed by atoms with Crippen molar-refractivity contribution in [3.05, 3.63) is 65.0 Å². The maximum absolute atomic E-state index is 12.5. The number of hydrogen-bond donors (Lipinski definition) is 1. The fourth-order valence-electron chi connectivity index (χ4n) is 2.14. The second-order valence-corrected chi connectivity index (χ2v) is 6.11. The summed E-state index contributed by atoms with van der Waals surface area (Å²) in [6.07, 6.45) is -2.90. The molecule has 0 amide bonds. The van der Waals surface area contributed by atoms with Gasteiger partial charge in [-0.15, -0.1) is 11.3 Å². The van der Waals surface area contributed by atoms with Gasteiger partial charge in [0.05, 0.1) is 24.6 Å². The van der Waals surface area contributed by atoms with Gasteiger partial charge in [-0.25, -0.2) is 4.98 Å². The molecule has 0 saturated heterocycles. The molecule has 1 N–H and O–H groups in total. The van der Waals surface area contributed by atoms with E-state index in [1.165, 1.54) is 29.7 Å². The van der Waals surface area contributed by atoms with E-state index in [4.69, 9.17) is 4.74 Å². The van der Waals surface area contributed by atoms with Crippen LogP contribution in [0.15, 0.2) is 59.0 Å². The van der Waals surface area contributed by atoms with E-state index < -0.39 is 11.7 Å². The molecule has 4 nitrogen and oxygen atoms in total. The van der Waals surface area contributed by atoms with E-state index in [1.807, 2.05) is 29.6 Å². The van der Waals surface area contributed by atoms with Gasteiger partial charge in [0, 0.05) is 10.9 Å². The minimum absolute atomic E-state index is 0.553. The molecule has 0 fully saturated rings. The molecule has 0 atom stereocenters. The van der Waals surface area contributed by atoms with Gasteiger partial charge < -0.3 is 4.74 Å². The third-order valence-electron chi connectivity index (χ3n) is 3.50. The number of nitrogens with zero attached hydrogens (tertiary/aromatic N) is 2. The maximum Gasteiger partial charge on any atom is 0.416 e. The van der Waals surface area contributed by atoms with E-state index in [-0.39, 0.29) is 0 Å². The van der Waals surface area contributed by atoms with Gasteiger partial charge in [0.15, 0.2) is 0 Å². The van der Waals surface area contributed by atoms with Crippen molar-refractivity contribution in [2.24, 2.45) is 5.10 Å². The molecule has 0 aliphatic heterocycles. The van der Waals surface area contributed by atoms with Crippen molar-refractivity contribution in [1.82, 2.24) is 4.98 Å². The molecule has 0 spiro atoms. The molecule has 0 unspecified atom stereocenters. The number of hydrazone groups is 1. The van der Waals surface area contributed by atoms with Crippen molar-refractivity contribution in [2.75, 3.05) is 12.5 Å². The average molecular weight is 377 g/mol. The number of methoxy groups -OCH3 is 1. The van der Waals surface area contributed by atoms with Gasteiger partial charge in [0.25, 0.3) is 0 Å². The first kappa shape index (κ1) is 17.9. The highest BCUT2D eigenvalue weighted by atomic mass is 32.1. The summed E-state index contributed by atoms with van der Waals surface area (Å²) in [7, 11) is 1.61. The number of halogens is 3. The van der Waals surface area contributed by atoms with Crippen LogP contribution in [0.2, 0.25) is 0 Å². The quantitative estimate of drug-likeness (QED) is 0.486. The normalized spacial score (nSPS) is 11.7. The highest BCUT2D eigenvalue weighted by Gasteiger charge is 2.29. The molecule has 1 heterocycles. The number of alkyl halides is 3. The lowest BCUT2D eigenvalue weighted by Crippen LogP contribution is -2.04. The van der Waals surface area contributed by atoms with E-state index in [9.17, 15) is 13.2 Å². The minimum Gasteiger partial charge on any atom is -0.497 e. The van der Waals surface area contributed by atoms with Gasteiger partial charge in [0.1, 0.15) is 5.75 Å². The average Bonchev–Trinajstić information content (AvgIpc) is 3.10. The molecular weight excluding hydrogens is 363 g/mol. The minimum atomic E-state index is -4.34. The van der Waals surface area contributed by atoms with Gasteiger partial charge in [-0.3, -0.25) is 5.43 Å². The first-order chi connectivity index (χ1) is 12.5. The smallest absolute Gasteiger partial charge is 0.416 e. The second kappa shape index (κ2) is 7.57. The van der Waals surface area contributed by atoms with Crippen molar-refractivity contribution in [3.63, 3.8) is 0 Å². The topological polar surface area (TPSA) is 46.5 Å². The molecule has 1 aromatic heterocycles. The zero-order chi connectivity index (χ0) is 18.6. The van der Waals surface area contributed by atoms with Crippen molar-refractivity contribution < 1.29 is 17.9 Å². The zero-order valence-electron chi connectivity index (χ0n) is 13.6. The summed E-state index contributed by atoms with van der Waals surface area (Å²) in [5.74, 6) is 0.767. The number of anilines is 1. The van der Waals surface area contributed by atoms with E-state index in [2.05, 4.69) is 15.5 Å². The Morgan fingerprint density at radius 3 is 2.38 bits per heavy atom. The highest BCUT2D eigenvalue weighted by Crippen LogP contribution is 2.29. The summed E-state index contributed by atoms with van der Waals surface area (Å²) in [6.45, 7) is 0. The van der Waals surface area contributed by atoms with Gasteiger partial charge >= 0.3 is 6.18 Å². The Morgan fingerprint density at radius 2 is 1.77 bits per heavy atom. The molecule has 0 radical (unpaired) electrons.